The summed E-state index contributed by atoms with van der Waals surface area (Å²) in [6, 6.07) is 19.5. The molecule has 0 bridgehead atoms. The Labute approximate surface area is 340 Å². The maximum absolute atomic E-state index is 13.7. The molecule has 17 nitrogen and oxygen atoms in total. The van der Waals surface area contributed by atoms with E-state index >= 15 is 0 Å². The van der Waals surface area contributed by atoms with Crippen LogP contribution in [0.25, 0.3) is 0 Å². The number of piperidine rings is 1. The Morgan fingerprint density at radius 1 is 0.932 bits per heavy atom. The molecule has 17 heteroatoms. The number of aromatic amines is 1. The van der Waals surface area contributed by atoms with E-state index in [1.54, 1.807) is 41.3 Å². The fraction of sp³-hybridized carbons (Fsp3) is 0.333. The van der Waals surface area contributed by atoms with Crippen LogP contribution in [0, 0.1) is 0 Å². The normalized spacial score (nSPS) is 17.3. The van der Waals surface area contributed by atoms with Crippen LogP contribution in [0.5, 0.6) is 0 Å². The molecule has 1 saturated heterocycles. The lowest BCUT2D eigenvalue weighted by molar-refractivity contribution is -0.136. The van der Waals surface area contributed by atoms with Gasteiger partial charge in [-0.15, -0.1) is 0 Å². The van der Waals surface area contributed by atoms with Gasteiger partial charge in [-0.25, -0.2) is 4.79 Å². The second-order valence-electron chi connectivity index (χ2n) is 15.5. The van der Waals surface area contributed by atoms with Crippen molar-refractivity contribution < 1.29 is 33.6 Å². The Bertz CT molecular complexity index is 2320. The summed E-state index contributed by atoms with van der Waals surface area (Å²) in [6.07, 6.45) is 0.617. The number of carbonyl (C=O) groups is 7. The number of anilines is 3. The zero-order valence-electron chi connectivity index (χ0n) is 33.2. The average Bonchev–Trinajstić information content (AvgIpc) is 3.82. The van der Waals surface area contributed by atoms with Crippen LogP contribution in [0.2, 0.25) is 0 Å². The largest absolute Gasteiger partial charge is 0.384 e. The molecule has 0 spiro atoms. The number of fused-ring (bicyclic) bond motifs is 2. The lowest BCUT2D eigenvalue weighted by atomic mass is 10.0. The molecule has 306 valence electrons. The predicted molar refractivity (Wildman–Crippen MR) is 217 cm³/mol. The molecule has 7 rings (SSSR count). The number of carbonyl (C=O) groups excluding carboxylic acids is 7. The topological polar surface area (TPSA) is 218 Å². The first-order chi connectivity index (χ1) is 28.2. The van der Waals surface area contributed by atoms with Gasteiger partial charge in [-0.2, -0.15) is 5.10 Å². The molecule has 6 N–H and O–H groups in total. The van der Waals surface area contributed by atoms with Crippen LogP contribution in [0.4, 0.5) is 22.0 Å². The Morgan fingerprint density at radius 2 is 1.68 bits per heavy atom. The molecule has 0 saturated carbocycles. The van der Waals surface area contributed by atoms with Crippen molar-refractivity contribution in [2.75, 3.05) is 43.1 Å². The van der Waals surface area contributed by atoms with Crippen molar-refractivity contribution in [3.63, 3.8) is 0 Å². The summed E-state index contributed by atoms with van der Waals surface area (Å²) in [7, 11) is 3.91. The number of urea groups is 1. The monoisotopic (exact) mass is 802 g/mol. The summed E-state index contributed by atoms with van der Waals surface area (Å²) < 4.78 is 0. The smallest absolute Gasteiger partial charge is 0.319 e. The minimum atomic E-state index is -1.07. The fourth-order valence-electron chi connectivity index (χ4n) is 7.70. The van der Waals surface area contributed by atoms with Crippen LogP contribution in [0.3, 0.4) is 0 Å². The van der Waals surface area contributed by atoms with Crippen LogP contribution in [-0.2, 0) is 26.5 Å². The maximum Gasteiger partial charge on any atom is 0.319 e. The van der Waals surface area contributed by atoms with Gasteiger partial charge >= 0.3 is 6.03 Å². The van der Waals surface area contributed by atoms with E-state index in [4.69, 9.17) is 0 Å². The van der Waals surface area contributed by atoms with Crippen molar-refractivity contribution in [3.05, 3.63) is 106 Å². The van der Waals surface area contributed by atoms with Gasteiger partial charge in [0.15, 0.2) is 5.82 Å². The van der Waals surface area contributed by atoms with Gasteiger partial charge in [0.2, 0.25) is 17.7 Å². The molecule has 59 heavy (non-hydrogen) atoms. The van der Waals surface area contributed by atoms with E-state index in [-0.39, 0.29) is 54.9 Å². The van der Waals surface area contributed by atoms with Crippen LogP contribution in [0.1, 0.15) is 93.5 Å². The van der Waals surface area contributed by atoms with Gasteiger partial charge in [0.05, 0.1) is 34.9 Å². The van der Waals surface area contributed by atoms with Gasteiger partial charge < -0.3 is 31.1 Å². The van der Waals surface area contributed by atoms with Crippen molar-refractivity contribution >= 4 is 58.7 Å². The lowest BCUT2D eigenvalue weighted by Gasteiger charge is -2.34. The van der Waals surface area contributed by atoms with Crippen molar-refractivity contribution in [2.24, 2.45) is 0 Å². The van der Waals surface area contributed by atoms with E-state index in [0.29, 0.717) is 47.8 Å². The Morgan fingerprint density at radius 3 is 2.39 bits per heavy atom. The summed E-state index contributed by atoms with van der Waals surface area (Å²) in [4.78, 5) is 94.9. The number of aromatic nitrogens is 2. The number of hydrogen-bond donors (Lipinski definition) is 6. The number of nitrogens with zero attached hydrogens (tertiary/aromatic N) is 4. The number of H-pyrrole nitrogens is 1. The Balaban J connectivity index is 0.897. The molecule has 4 heterocycles. The zero-order valence-corrected chi connectivity index (χ0v) is 33.2. The first-order valence-electron chi connectivity index (χ1n) is 19.4. The quantitative estimate of drug-likeness (QED) is 0.0845. The summed E-state index contributed by atoms with van der Waals surface area (Å²) in [6.45, 7) is 5.01. The first kappa shape index (κ1) is 40.3. The second-order valence-corrected chi connectivity index (χ2v) is 15.5. The highest BCUT2D eigenvalue weighted by atomic mass is 16.2. The third-order valence-electron chi connectivity index (χ3n) is 10.8. The Hall–Kier alpha value is -6.88. The molecule has 0 radical (unpaired) electrons. The minimum absolute atomic E-state index is 0.0277. The molecule has 3 aliphatic rings. The van der Waals surface area contributed by atoms with Crippen LogP contribution >= 0.6 is 0 Å². The molecule has 8 amide bonds. The molecule has 3 aromatic carbocycles. The number of amides is 8. The summed E-state index contributed by atoms with van der Waals surface area (Å²) in [5.41, 5.74) is 3.25. The van der Waals surface area contributed by atoms with E-state index in [0.717, 1.165) is 16.2 Å². The van der Waals surface area contributed by atoms with Crippen molar-refractivity contribution in [2.45, 2.75) is 63.7 Å². The molecule has 0 aliphatic carbocycles. The summed E-state index contributed by atoms with van der Waals surface area (Å²) in [5, 5.41) is 21.6. The highest BCUT2D eigenvalue weighted by Crippen LogP contribution is 2.41. The molecule has 1 aromatic heterocycles. The Kier molecular flexibility index (Phi) is 11.3. The van der Waals surface area contributed by atoms with E-state index in [9.17, 15) is 33.6 Å². The van der Waals surface area contributed by atoms with Gasteiger partial charge in [0.25, 0.3) is 17.7 Å². The van der Waals surface area contributed by atoms with Crippen molar-refractivity contribution in [1.82, 2.24) is 35.5 Å². The summed E-state index contributed by atoms with van der Waals surface area (Å²) in [5.74, 6) is -2.69. The number of hydrogen-bond acceptors (Lipinski definition) is 10. The minimum Gasteiger partial charge on any atom is -0.384 e. The second kappa shape index (κ2) is 16.5. The maximum atomic E-state index is 13.7. The standard InChI is InChI=1S/C42H46N10O7/c1-42(2)35-28(22-51(42)41(59)45-30(23-50(3)4)24-10-6-5-7-11-24)36(49-48-35)47-37(55)25-15-17-26(18-16-25)44-32(53)14-9-21-43-29-13-8-12-27-34(29)40(58)52(39(27)57)31-19-20-33(54)46-38(31)56/h5-8,10-13,15-18,30-31,43H,9,14,19-23H2,1-4H3,(H,44,53)(H,45,59)(H,46,54,56)(H2,47,48,49,55)/t30-,31?/m1/s1. The average molecular weight is 803 g/mol. The molecule has 2 atom stereocenters. The molecule has 1 fully saturated rings. The van der Waals surface area contributed by atoms with E-state index in [1.165, 1.54) is 6.07 Å². The lowest BCUT2D eigenvalue weighted by Crippen LogP contribution is -2.54. The SMILES string of the molecule is CN(C)C[C@@H](NC(=O)N1Cc2c(NC(=O)c3ccc(NC(=O)CCCNc4cccc5c4C(=O)N(C4CCC(=O)NC4=O)C5=O)cc3)n[nH]c2C1(C)C)c1ccccc1. The molecule has 1 unspecified atom stereocenters. The van der Waals surface area contributed by atoms with Crippen molar-refractivity contribution in [3.8, 4) is 0 Å². The van der Waals surface area contributed by atoms with Gasteiger partial charge in [-0.05, 0) is 82.7 Å². The van der Waals surface area contributed by atoms with Gasteiger partial charge in [0.1, 0.15) is 6.04 Å². The van der Waals surface area contributed by atoms with Gasteiger partial charge in [-0.1, -0.05) is 36.4 Å². The predicted octanol–water partition coefficient (Wildman–Crippen LogP) is 3.96. The third kappa shape index (κ3) is 8.27. The summed E-state index contributed by atoms with van der Waals surface area (Å²) >= 11 is 0. The van der Waals surface area contributed by atoms with Crippen molar-refractivity contribution in [1.29, 1.82) is 0 Å². The van der Waals surface area contributed by atoms with E-state index < -0.39 is 41.1 Å². The number of benzene rings is 3. The fourth-order valence-corrected chi connectivity index (χ4v) is 7.70. The number of rotatable bonds is 13. The van der Waals surface area contributed by atoms with E-state index in [1.807, 2.05) is 63.2 Å². The number of likely N-dealkylation sites (N-methyl/N-ethyl adjacent to an activating group) is 1. The van der Waals surface area contributed by atoms with Gasteiger partial charge in [0, 0.05) is 48.4 Å². The highest BCUT2D eigenvalue weighted by Gasteiger charge is 2.46. The molecular weight excluding hydrogens is 757 g/mol. The zero-order chi connectivity index (χ0) is 42.0. The van der Waals surface area contributed by atoms with Crippen LogP contribution in [0.15, 0.2) is 72.8 Å². The third-order valence-corrected chi connectivity index (χ3v) is 10.8. The van der Waals surface area contributed by atoms with Gasteiger partial charge in [-0.3, -0.25) is 44.1 Å². The van der Waals surface area contributed by atoms with Crippen LogP contribution in [-0.4, -0.2) is 99.6 Å². The molecule has 3 aliphatic heterocycles. The molecule has 4 aromatic rings. The molecular formula is C42H46N10O7. The number of nitrogens with one attached hydrogen (secondary N) is 6. The highest BCUT2D eigenvalue weighted by molar-refractivity contribution is 6.25. The van der Waals surface area contributed by atoms with Crippen LogP contribution < -0.4 is 26.6 Å². The van der Waals surface area contributed by atoms with E-state index in [2.05, 4.69) is 36.8 Å². The number of imide groups is 2. The first-order valence-corrected chi connectivity index (χ1v) is 19.4.